The fourth-order valence-electron chi connectivity index (χ4n) is 2.15. The second-order valence-electron chi connectivity index (χ2n) is 4.65. The number of hydrogen-bond donors (Lipinski definition) is 1. The van der Waals surface area contributed by atoms with Crippen molar-refractivity contribution in [2.45, 2.75) is 25.8 Å². The Balaban J connectivity index is 2.22. The fourth-order valence-corrected chi connectivity index (χ4v) is 2.15. The van der Waals surface area contributed by atoms with Crippen molar-refractivity contribution in [3.8, 4) is 5.75 Å². The number of ether oxygens (including phenoxy) is 1. The average Bonchev–Trinajstić information content (AvgIpc) is 2.88. The minimum Gasteiger partial charge on any atom is -0.496 e. The quantitative estimate of drug-likeness (QED) is 0.829. The van der Waals surface area contributed by atoms with Gasteiger partial charge in [-0.2, -0.15) is 4.80 Å². The van der Waals surface area contributed by atoms with Gasteiger partial charge in [0.2, 0.25) is 0 Å². The summed E-state index contributed by atoms with van der Waals surface area (Å²) in [5.74, 6) is 1.61. The third-order valence-electron chi connectivity index (χ3n) is 3.09. The molecule has 0 bridgehead atoms. The molecule has 0 radical (unpaired) electrons. The predicted molar refractivity (Wildman–Crippen MR) is 76.5 cm³/mol. The molecule has 1 aromatic carbocycles. The summed E-state index contributed by atoms with van der Waals surface area (Å²) in [4.78, 5) is 1.48. The Kier molecular flexibility index (Phi) is 5.06. The van der Waals surface area contributed by atoms with Crippen molar-refractivity contribution in [3.05, 3.63) is 35.7 Å². The van der Waals surface area contributed by atoms with Crippen LogP contribution in [0.5, 0.6) is 5.75 Å². The highest BCUT2D eigenvalue weighted by Crippen LogP contribution is 2.26. The van der Waals surface area contributed by atoms with Crippen molar-refractivity contribution in [3.63, 3.8) is 0 Å². The molecule has 1 aromatic heterocycles. The minimum absolute atomic E-state index is 0.121. The maximum atomic E-state index is 5.45. The minimum atomic E-state index is 0.121. The number of benzene rings is 1. The first-order chi connectivity index (χ1) is 9.74. The standard InChI is InChI=1S/C14H21N5O/c1-4-9-15-12(10-14-16-18-19(2)17-14)11-7-5-6-8-13(11)20-3/h5-8,12,15H,4,9-10H2,1-3H3. The topological polar surface area (TPSA) is 64.9 Å². The number of rotatable bonds is 7. The Bertz CT molecular complexity index is 540. The number of aromatic nitrogens is 4. The summed E-state index contributed by atoms with van der Waals surface area (Å²) in [6, 6.07) is 8.15. The number of tetrazole rings is 1. The molecule has 0 fully saturated rings. The summed E-state index contributed by atoms with van der Waals surface area (Å²) >= 11 is 0. The molecule has 1 heterocycles. The highest BCUT2D eigenvalue weighted by atomic mass is 16.5. The van der Waals surface area contributed by atoms with E-state index in [0.29, 0.717) is 6.42 Å². The smallest absolute Gasteiger partial charge is 0.176 e. The van der Waals surface area contributed by atoms with Gasteiger partial charge in [-0.3, -0.25) is 0 Å². The van der Waals surface area contributed by atoms with Gasteiger partial charge in [0.1, 0.15) is 5.75 Å². The zero-order valence-corrected chi connectivity index (χ0v) is 12.2. The van der Waals surface area contributed by atoms with Crippen LogP contribution < -0.4 is 10.1 Å². The van der Waals surface area contributed by atoms with E-state index in [9.17, 15) is 0 Å². The normalized spacial score (nSPS) is 12.3. The number of nitrogens with zero attached hydrogens (tertiary/aromatic N) is 4. The molecule has 2 aromatic rings. The van der Waals surface area contributed by atoms with Gasteiger partial charge in [0, 0.05) is 18.0 Å². The number of methoxy groups -OCH3 is 1. The van der Waals surface area contributed by atoms with Crippen molar-refractivity contribution in [2.75, 3.05) is 13.7 Å². The Hall–Kier alpha value is -1.95. The van der Waals surface area contributed by atoms with Crippen molar-refractivity contribution in [1.29, 1.82) is 0 Å². The van der Waals surface area contributed by atoms with Crippen LogP contribution in [0.15, 0.2) is 24.3 Å². The molecule has 0 saturated heterocycles. The van der Waals surface area contributed by atoms with E-state index in [0.717, 1.165) is 30.1 Å². The van der Waals surface area contributed by atoms with Crippen LogP contribution in [0.2, 0.25) is 0 Å². The van der Waals surface area contributed by atoms with E-state index in [1.165, 1.54) is 4.80 Å². The van der Waals surface area contributed by atoms with Crippen LogP contribution in [0.1, 0.15) is 30.8 Å². The maximum Gasteiger partial charge on any atom is 0.176 e. The zero-order chi connectivity index (χ0) is 14.4. The summed E-state index contributed by atoms with van der Waals surface area (Å²) in [5.41, 5.74) is 1.12. The molecule has 0 spiro atoms. The summed E-state index contributed by atoms with van der Waals surface area (Å²) < 4.78 is 5.45. The highest BCUT2D eigenvalue weighted by Gasteiger charge is 2.18. The molecular formula is C14H21N5O. The lowest BCUT2D eigenvalue weighted by molar-refractivity contribution is 0.397. The van der Waals surface area contributed by atoms with Gasteiger partial charge in [-0.1, -0.05) is 25.1 Å². The maximum absolute atomic E-state index is 5.45. The number of aryl methyl sites for hydroxylation is 1. The van der Waals surface area contributed by atoms with E-state index in [4.69, 9.17) is 4.74 Å². The van der Waals surface area contributed by atoms with Gasteiger partial charge in [-0.05, 0) is 24.2 Å². The van der Waals surface area contributed by atoms with E-state index in [-0.39, 0.29) is 6.04 Å². The Labute approximate surface area is 119 Å². The van der Waals surface area contributed by atoms with Crippen LogP contribution in [0.4, 0.5) is 0 Å². The van der Waals surface area contributed by atoms with Gasteiger partial charge in [0.15, 0.2) is 5.82 Å². The Morgan fingerprint density at radius 1 is 1.35 bits per heavy atom. The van der Waals surface area contributed by atoms with Gasteiger partial charge < -0.3 is 10.1 Å². The van der Waals surface area contributed by atoms with Crippen molar-refractivity contribution in [1.82, 2.24) is 25.5 Å². The van der Waals surface area contributed by atoms with Crippen LogP contribution in [0.3, 0.4) is 0 Å². The van der Waals surface area contributed by atoms with Gasteiger partial charge in [0.05, 0.1) is 14.2 Å². The SMILES string of the molecule is CCCNC(Cc1nnn(C)n1)c1ccccc1OC. The molecule has 108 valence electrons. The van der Waals surface area contributed by atoms with Crippen LogP contribution in [-0.2, 0) is 13.5 Å². The van der Waals surface area contributed by atoms with Crippen LogP contribution >= 0.6 is 0 Å². The van der Waals surface area contributed by atoms with E-state index >= 15 is 0 Å². The lowest BCUT2D eigenvalue weighted by Gasteiger charge is -2.19. The molecule has 20 heavy (non-hydrogen) atoms. The van der Waals surface area contributed by atoms with Crippen molar-refractivity contribution >= 4 is 0 Å². The molecule has 0 aliphatic heterocycles. The molecule has 0 aliphatic rings. The third-order valence-corrected chi connectivity index (χ3v) is 3.09. The number of nitrogens with one attached hydrogen (secondary N) is 1. The van der Waals surface area contributed by atoms with E-state index in [1.807, 2.05) is 18.2 Å². The second kappa shape index (κ2) is 7.00. The summed E-state index contributed by atoms with van der Waals surface area (Å²) in [7, 11) is 3.46. The predicted octanol–water partition coefficient (Wildman–Crippen LogP) is 1.50. The monoisotopic (exact) mass is 275 g/mol. The molecule has 1 N–H and O–H groups in total. The molecule has 2 rings (SSSR count). The van der Waals surface area contributed by atoms with E-state index in [2.05, 4.69) is 33.7 Å². The van der Waals surface area contributed by atoms with Crippen LogP contribution in [0, 0.1) is 0 Å². The highest BCUT2D eigenvalue weighted by molar-refractivity contribution is 5.36. The van der Waals surface area contributed by atoms with E-state index < -0.39 is 0 Å². The first-order valence-electron chi connectivity index (χ1n) is 6.83. The third kappa shape index (κ3) is 3.54. The van der Waals surface area contributed by atoms with Crippen molar-refractivity contribution < 1.29 is 4.74 Å². The van der Waals surface area contributed by atoms with Crippen LogP contribution in [0.25, 0.3) is 0 Å². The fraction of sp³-hybridized carbons (Fsp3) is 0.500. The average molecular weight is 275 g/mol. The Morgan fingerprint density at radius 3 is 2.80 bits per heavy atom. The molecular weight excluding hydrogens is 254 g/mol. The first kappa shape index (κ1) is 14.5. The van der Waals surface area contributed by atoms with Crippen LogP contribution in [-0.4, -0.2) is 33.9 Å². The van der Waals surface area contributed by atoms with Gasteiger partial charge in [-0.25, -0.2) is 0 Å². The zero-order valence-electron chi connectivity index (χ0n) is 12.2. The molecule has 1 unspecified atom stereocenters. The summed E-state index contributed by atoms with van der Waals surface area (Å²) in [6.45, 7) is 3.08. The van der Waals surface area contributed by atoms with Gasteiger partial charge in [-0.15, -0.1) is 10.2 Å². The van der Waals surface area contributed by atoms with Gasteiger partial charge in [0.25, 0.3) is 0 Å². The summed E-state index contributed by atoms with van der Waals surface area (Å²) in [5, 5.41) is 15.7. The lowest BCUT2D eigenvalue weighted by atomic mass is 10.0. The molecule has 0 aliphatic carbocycles. The molecule has 0 amide bonds. The molecule has 6 heteroatoms. The number of hydrogen-bond acceptors (Lipinski definition) is 5. The lowest BCUT2D eigenvalue weighted by Crippen LogP contribution is -2.25. The van der Waals surface area contributed by atoms with E-state index in [1.54, 1.807) is 14.2 Å². The number of para-hydroxylation sites is 1. The first-order valence-corrected chi connectivity index (χ1v) is 6.83. The molecule has 0 saturated carbocycles. The molecule has 6 nitrogen and oxygen atoms in total. The second-order valence-corrected chi connectivity index (χ2v) is 4.65. The molecule has 1 atom stereocenters. The Morgan fingerprint density at radius 2 is 2.15 bits per heavy atom. The summed E-state index contributed by atoms with van der Waals surface area (Å²) in [6.07, 6.45) is 1.76. The van der Waals surface area contributed by atoms with Crippen molar-refractivity contribution in [2.24, 2.45) is 7.05 Å². The largest absolute Gasteiger partial charge is 0.496 e. The van der Waals surface area contributed by atoms with Gasteiger partial charge >= 0.3 is 0 Å².